The van der Waals surface area contributed by atoms with Gasteiger partial charge in [0.1, 0.15) is 16.4 Å². The van der Waals surface area contributed by atoms with Crippen molar-refractivity contribution in [1.82, 2.24) is 4.72 Å². The third-order valence-electron chi connectivity index (χ3n) is 4.21. The summed E-state index contributed by atoms with van der Waals surface area (Å²) in [6, 6.07) is 18.1. The molecule has 9 heteroatoms. The number of ether oxygens (including phenoxy) is 2. The number of carbonyl (C=O) groups excluding carboxylic acids is 1. The summed E-state index contributed by atoms with van der Waals surface area (Å²) in [6.45, 7) is 1.86. The van der Waals surface area contributed by atoms with E-state index in [0.29, 0.717) is 22.2 Å². The number of benzene rings is 3. The summed E-state index contributed by atoms with van der Waals surface area (Å²) in [5.74, 6) is 0.575. The highest BCUT2D eigenvalue weighted by Crippen LogP contribution is 2.33. The number of anilines is 1. The molecule has 0 fully saturated rings. The molecular formula is C22H21ClN2O5S. The van der Waals surface area contributed by atoms with Crippen molar-refractivity contribution in [1.29, 1.82) is 0 Å². The van der Waals surface area contributed by atoms with Crippen LogP contribution in [-0.4, -0.2) is 28.0 Å². The van der Waals surface area contributed by atoms with Crippen LogP contribution in [0, 0.1) is 0 Å². The number of rotatable bonds is 8. The summed E-state index contributed by atoms with van der Waals surface area (Å²) in [5.41, 5.74) is 0.469. The van der Waals surface area contributed by atoms with Gasteiger partial charge in [0, 0.05) is 17.1 Å². The van der Waals surface area contributed by atoms with E-state index in [1.807, 2.05) is 18.2 Å². The first-order valence-corrected chi connectivity index (χ1v) is 11.2. The van der Waals surface area contributed by atoms with Gasteiger partial charge in [0.25, 0.3) is 5.91 Å². The Hall–Kier alpha value is -3.07. The van der Waals surface area contributed by atoms with Crippen LogP contribution in [0.3, 0.4) is 0 Å². The van der Waals surface area contributed by atoms with E-state index in [2.05, 4.69) is 10.0 Å². The second-order valence-corrected chi connectivity index (χ2v) is 8.55. The maximum atomic E-state index is 12.9. The summed E-state index contributed by atoms with van der Waals surface area (Å²) in [6.07, 6.45) is 0. The van der Waals surface area contributed by atoms with Gasteiger partial charge in [0.2, 0.25) is 10.0 Å². The van der Waals surface area contributed by atoms with Crippen LogP contribution < -0.4 is 19.5 Å². The number of carbonyl (C=O) groups is 1. The van der Waals surface area contributed by atoms with Crippen molar-refractivity contribution in [3.8, 4) is 17.2 Å². The van der Waals surface area contributed by atoms with Gasteiger partial charge in [-0.3, -0.25) is 4.79 Å². The Morgan fingerprint density at radius 3 is 2.39 bits per heavy atom. The van der Waals surface area contributed by atoms with Crippen LogP contribution in [0.5, 0.6) is 17.2 Å². The molecule has 0 atom stereocenters. The lowest BCUT2D eigenvalue weighted by Crippen LogP contribution is -2.24. The molecule has 0 unspecified atom stereocenters. The summed E-state index contributed by atoms with van der Waals surface area (Å²) in [5, 5.41) is 3.14. The zero-order valence-corrected chi connectivity index (χ0v) is 18.5. The van der Waals surface area contributed by atoms with Crippen LogP contribution in [-0.2, 0) is 10.0 Å². The maximum absolute atomic E-state index is 12.9. The van der Waals surface area contributed by atoms with Crippen LogP contribution in [0.15, 0.2) is 71.6 Å². The fraction of sp³-hybridized carbons (Fsp3) is 0.136. The molecule has 0 bridgehead atoms. The minimum Gasteiger partial charge on any atom is -0.495 e. The van der Waals surface area contributed by atoms with E-state index >= 15 is 0 Å². The first-order chi connectivity index (χ1) is 14.8. The van der Waals surface area contributed by atoms with Crippen molar-refractivity contribution in [2.45, 2.75) is 11.8 Å². The average Bonchev–Trinajstić information content (AvgIpc) is 2.76. The summed E-state index contributed by atoms with van der Waals surface area (Å²) in [7, 11) is -2.48. The molecule has 3 rings (SSSR count). The minimum absolute atomic E-state index is 0.128. The number of hydrogen-bond donors (Lipinski definition) is 2. The van der Waals surface area contributed by atoms with E-state index in [9.17, 15) is 13.2 Å². The fourth-order valence-electron chi connectivity index (χ4n) is 2.79. The highest BCUT2D eigenvalue weighted by Gasteiger charge is 2.21. The number of halogens is 1. The third kappa shape index (κ3) is 5.55. The molecular weight excluding hydrogens is 440 g/mol. The van der Waals surface area contributed by atoms with Gasteiger partial charge >= 0.3 is 0 Å². The highest BCUT2D eigenvalue weighted by atomic mass is 35.5. The van der Waals surface area contributed by atoms with E-state index in [-0.39, 0.29) is 22.8 Å². The van der Waals surface area contributed by atoms with Crippen molar-refractivity contribution >= 4 is 33.2 Å². The van der Waals surface area contributed by atoms with Gasteiger partial charge in [-0.25, -0.2) is 13.1 Å². The standard InChI is InChI=1S/C22H21ClN2O5S/c1-3-24-31(27,28)21-13-15(9-11-20(21)29-2)22(26)25-18-14-16(23)10-12-19(18)30-17-7-5-4-6-8-17/h4-14,24H,3H2,1-2H3,(H,25,26). The lowest BCUT2D eigenvalue weighted by Gasteiger charge is -2.14. The van der Waals surface area contributed by atoms with Crippen molar-refractivity contribution in [2.24, 2.45) is 0 Å². The van der Waals surface area contributed by atoms with Crippen LogP contribution in [0.1, 0.15) is 17.3 Å². The van der Waals surface area contributed by atoms with Gasteiger partial charge in [-0.15, -0.1) is 0 Å². The first-order valence-electron chi connectivity index (χ1n) is 9.35. The van der Waals surface area contributed by atoms with Gasteiger partial charge in [-0.2, -0.15) is 0 Å². The second-order valence-electron chi connectivity index (χ2n) is 6.38. The summed E-state index contributed by atoms with van der Waals surface area (Å²) < 4.78 is 38.4. The molecule has 162 valence electrons. The number of para-hydroxylation sites is 1. The molecule has 0 aliphatic carbocycles. The normalized spacial score (nSPS) is 11.1. The van der Waals surface area contributed by atoms with Crippen LogP contribution in [0.25, 0.3) is 0 Å². The molecule has 0 saturated heterocycles. The van der Waals surface area contributed by atoms with Gasteiger partial charge in [0.05, 0.1) is 12.8 Å². The summed E-state index contributed by atoms with van der Waals surface area (Å²) >= 11 is 6.10. The Balaban J connectivity index is 1.92. The van der Waals surface area contributed by atoms with E-state index < -0.39 is 15.9 Å². The zero-order chi connectivity index (χ0) is 22.4. The molecule has 0 spiro atoms. The van der Waals surface area contributed by atoms with E-state index in [1.165, 1.54) is 25.3 Å². The first kappa shape index (κ1) is 22.6. The Kier molecular flexibility index (Phi) is 7.17. The number of nitrogens with one attached hydrogen (secondary N) is 2. The molecule has 0 aliphatic rings. The van der Waals surface area contributed by atoms with E-state index in [1.54, 1.807) is 37.3 Å². The molecule has 0 radical (unpaired) electrons. The quantitative estimate of drug-likeness (QED) is 0.508. The minimum atomic E-state index is -3.84. The SMILES string of the molecule is CCNS(=O)(=O)c1cc(C(=O)Nc2cc(Cl)ccc2Oc2ccccc2)ccc1OC. The van der Waals surface area contributed by atoms with Crippen molar-refractivity contribution in [2.75, 3.05) is 19.0 Å². The van der Waals surface area contributed by atoms with Gasteiger partial charge < -0.3 is 14.8 Å². The lowest BCUT2D eigenvalue weighted by atomic mass is 10.2. The summed E-state index contributed by atoms with van der Waals surface area (Å²) in [4.78, 5) is 12.8. The highest BCUT2D eigenvalue weighted by molar-refractivity contribution is 7.89. The molecule has 1 amide bonds. The van der Waals surface area contributed by atoms with Gasteiger partial charge in [-0.05, 0) is 48.5 Å². The molecule has 0 saturated carbocycles. The average molecular weight is 461 g/mol. The van der Waals surface area contributed by atoms with Crippen LogP contribution in [0.2, 0.25) is 5.02 Å². The maximum Gasteiger partial charge on any atom is 0.255 e. The molecule has 0 heterocycles. The van der Waals surface area contributed by atoms with E-state index in [4.69, 9.17) is 21.1 Å². The van der Waals surface area contributed by atoms with Crippen molar-refractivity contribution in [3.05, 3.63) is 77.3 Å². The number of sulfonamides is 1. The monoisotopic (exact) mass is 460 g/mol. The Bertz CT molecular complexity index is 1180. The molecule has 0 aromatic heterocycles. The largest absolute Gasteiger partial charge is 0.495 e. The topological polar surface area (TPSA) is 93.7 Å². The third-order valence-corrected chi connectivity index (χ3v) is 6.01. The lowest BCUT2D eigenvalue weighted by molar-refractivity contribution is 0.102. The molecule has 7 nitrogen and oxygen atoms in total. The van der Waals surface area contributed by atoms with Gasteiger partial charge in [0.15, 0.2) is 5.75 Å². The zero-order valence-electron chi connectivity index (χ0n) is 16.9. The van der Waals surface area contributed by atoms with Gasteiger partial charge in [-0.1, -0.05) is 36.7 Å². The molecule has 2 N–H and O–H groups in total. The van der Waals surface area contributed by atoms with Crippen LogP contribution >= 0.6 is 11.6 Å². The molecule has 3 aromatic rings. The number of amides is 1. The molecule has 3 aromatic carbocycles. The molecule has 0 aliphatic heterocycles. The number of hydrogen-bond acceptors (Lipinski definition) is 5. The van der Waals surface area contributed by atoms with Crippen LogP contribution in [0.4, 0.5) is 5.69 Å². The Labute approximate surface area is 186 Å². The fourth-order valence-corrected chi connectivity index (χ4v) is 4.20. The predicted octanol–water partition coefficient (Wildman–Crippen LogP) is 4.69. The van der Waals surface area contributed by atoms with Crippen molar-refractivity contribution in [3.63, 3.8) is 0 Å². The predicted molar refractivity (Wildman–Crippen MR) is 120 cm³/mol. The second kappa shape index (κ2) is 9.82. The molecule has 31 heavy (non-hydrogen) atoms. The smallest absolute Gasteiger partial charge is 0.255 e. The Morgan fingerprint density at radius 1 is 1.00 bits per heavy atom. The van der Waals surface area contributed by atoms with Crippen molar-refractivity contribution < 1.29 is 22.7 Å². The Morgan fingerprint density at radius 2 is 1.71 bits per heavy atom. The number of methoxy groups -OCH3 is 1. The van der Waals surface area contributed by atoms with E-state index in [0.717, 1.165) is 0 Å².